The maximum atomic E-state index is 13.4. The zero-order chi connectivity index (χ0) is 25.1. The number of carbonyl (C=O) groups excluding carboxylic acids is 2. The van der Waals surface area contributed by atoms with Gasteiger partial charge >= 0.3 is 11.9 Å². The maximum absolute atomic E-state index is 13.4. The first-order valence-corrected chi connectivity index (χ1v) is 13.1. The lowest BCUT2D eigenvalue weighted by Crippen LogP contribution is -2.25. The van der Waals surface area contributed by atoms with Gasteiger partial charge in [0.1, 0.15) is 6.61 Å². The molecule has 2 atom stereocenters. The minimum atomic E-state index is -3.72. The van der Waals surface area contributed by atoms with Gasteiger partial charge in [0.05, 0.1) is 10.1 Å². The average molecular weight is 503 g/mol. The van der Waals surface area contributed by atoms with Crippen molar-refractivity contribution in [2.45, 2.75) is 53.6 Å². The highest BCUT2D eigenvalue weighted by atomic mass is 32.2. The molecule has 2 aromatic carbocycles. The molecule has 0 unspecified atom stereocenters. The average Bonchev–Trinajstić information content (AvgIpc) is 2.78. The Labute approximate surface area is 206 Å². The summed E-state index contributed by atoms with van der Waals surface area (Å²) in [5, 5.41) is -0.856. The number of esters is 2. The van der Waals surface area contributed by atoms with Crippen molar-refractivity contribution in [3.8, 4) is 0 Å². The third-order valence-electron chi connectivity index (χ3n) is 4.79. The molecule has 0 spiro atoms. The van der Waals surface area contributed by atoms with E-state index in [1.54, 1.807) is 30.3 Å². The highest BCUT2D eigenvalue weighted by molar-refractivity contribution is 7.99. The number of thioether (sulfide) groups is 1. The normalized spacial score (nSPS) is 12.9. The first-order valence-electron chi connectivity index (χ1n) is 10.7. The fraction of sp³-hybridized carbons (Fsp3) is 0.308. The minimum Gasteiger partial charge on any atom is -0.461 e. The summed E-state index contributed by atoms with van der Waals surface area (Å²) in [5.74, 6) is -0.889. The molecular weight excluding hydrogens is 472 g/mol. The Balaban J connectivity index is 2.20. The summed E-state index contributed by atoms with van der Waals surface area (Å²) in [6, 6.07) is 17.7. The molecule has 0 aliphatic carbocycles. The van der Waals surface area contributed by atoms with Gasteiger partial charge in [0.15, 0.2) is 15.3 Å². The molecule has 0 N–H and O–H groups in total. The predicted molar refractivity (Wildman–Crippen MR) is 134 cm³/mol. The minimum absolute atomic E-state index is 0.0530. The van der Waals surface area contributed by atoms with E-state index in [1.807, 2.05) is 30.3 Å². The summed E-state index contributed by atoms with van der Waals surface area (Å²) in [7, 11) is -3.72. The van der Waals surface area contributed by atoms with Crippen LogP contribution in [-0.2, 0) is 28.9 Å². The van der Waals surface area contributed by atoms with Gasteiger partial charge in [0.25, 0.3) is 0 Å². The van der Waals surface area contributed by atoms with Gasteiger partial charge in [-0.15, -0.1) is 0 Å². The molecule has 0 fully saturated rings. The van der Waals surface area contributed by atoms with Gasteiger partial charge in [0, 0.05) is 25.2 Å². The Bertz CT molecular complexity index is 1090. The second-order valence-corrected chi connectivity index (χ2v) is 11.3. The molecule has 0 amide bonds. The molecule has 0 saturated carbocycles. The fourth-order valence-corrected chi connectivity index (χ4v) is 6.22. The molecule has 182 valence electrons. The van der Waals surface area contributed by atoms with E-state index in [1.165, 1.54) is 25.6 Å². The van der Waals surface area contributed by atoms with Crippen LogP contribution >= 0.6 is 11.8 Å². The lowest BCUT2D eigenvalue weighted by molar-refractivity contribution is -0.142. The SMILES string of the molecule is C=C(COC(C)=O)C[C@H](CC(=C)C[C@@H](OC(C)=O)Sc1ccccc1)S(=O)(=O)c1ccccc1. The second-order valence-electron chi connectivity index (χ2n) is 7.84. The maximum Gasteiger partial charge on any atom is 0.303 e. The van der Waals surface area contributed by atoms with Crippen LogP contribution in [0.25, 0.3) is 0 Å². The molecule has 0 bridgehead atoms. The largest absolute Gasteiger partial charge is 0.461 e. The van der Waals surface area contributed by atoms with Crippen LogP contribution in [0.15, 0.2) is 94.8 Å². The van der Waals surface area contributed by atoms with E-state index in [4.69, 9.17) is 9.47 Å². The Hall–Kier alpha value is -2.84. The molecule has 8 heteroatoms. The van der Waals surface area contributed by atoms with E-state index in [0.717, 1.165) is 4.90 Å². The molecule has 0 heterocycles. The van der Waals surface area contributed by atoms with Crippen molar-refractivity contribution >= 4 is 33.5 Å². The number of sulfone groups is 1. The highest BCUT2D eigenvalue weighted by Crippen LogP contribution is 2.32. The quantitative estimate of drug-likeness (QED) is 0.158. The summed E-state index contributed by atoms with van der Waals surface area (Å²) < 4.78 is 37.3. The molecule has 2 aromatic rings. The third kappa shape index (κ3) is 9.19. The number of ether oxygens (including phenoxy) is 2. The monoisotopic (exact) mass is 502 g/mol. The number of carbonyl (C=O) groups is 2. The zero-order valence-electron chi connectivity index (χ0n) is 19.4. The lowest BCUT2D eigenvalue weighted by atomic mass is 10.0. The van der Waals surface area contributed by atoms with Crippen molar-refractivity contribution in [2.75, 3.05) is 6.61 Å². The van der Waals surface area contributed by atoms with Gasteiger partial charge in [-0.3, -0.25) is 9.59 Å². The van der Waals surface area contributed by atoms with Crippen molar-refractivity contribution in [2.24, 2.45) is 0 Å². The smallest absolute Gasteiger partial charge is 0.303 e. The Morgan fingerprint density at radius 1 is 0.853 bits per heavy atom. The van der Waals surface area contributed by atoms with Crippen LogP contribution in [-0.4, -0.2) is 37.6 Å². The highest BCUT2D eigenvalue weighted by Gasteiger charge is 2.29. The molecule has 0 aromatic heterocycles. The van der Waals surface area contributed by atoms with Crippen molar-refractivity contribution in [1.82, 2.24) is 0 Å². The number of benzene rings is 2. The Morgan fingerprint density at radius 2 is 1.41 bits per heavy atom. The molecular formula is C26H30O6S2. The van der Waals surface area contributed by atoms with Crippen LogP contribution in [0.2, 0.25) is 0 Å². The van der Waals surface area contributed by atoms with Crippen molar-refractivity contribution in [1.29, 1.82) is 0 Å². The van der Waals surface area contributed by atoms with Crippen LogP contribution in [0.4, 0.5) is 0 Å². The molecule has 0 aliphatic rings. The molecule has 34 heavy (non-hydrogen) atoms. The van der Waals surface area contributed by atoms with Crippen molar-refractivity contribution in [3.05, 3.63) is 85.0 Å². The summed E-state index contributed by atoms with van der Waals surface area (Å²) in [4.78, 5) is 23.9. The van der Waals surface area contributed by atoms with E-state index in [0.29, 0.717) is 11.1 Å². The summed E-state index contributed by atoms with van der Waals surface area (Å²) in [6.45, 7) is 10.5. The number of hydrogen-bond acceptors (Lipinski definition) is 7. The molecule has 2 rings (SSSR count). The van der Waals surface area contributed by atoms with Gasteiger partial charge in [-0.2, -0.15) is 0 Å². The van der Waals surface area contributed by atoms with E-state index in [9.17, 15) is 18.0 Å². The molecule has 0 saturated heterocycles. The van der Waals surface area contributed by atoms with E-state index < -0.39 is 32.5 Å². The van der Waals surface area contributed by atoms with Crippen LogP contribution < -0.4 is 0 Å². The summed E-state index contributed by atoms with van der Waals surface area (Å²) in [6.07, 6.45) is 0.535. The third-order valence-corrected chi connectivity index (χ3v) is 8.00. The Morgan fingerprint density at radius 3 is 1.97 bits per heavy atom. The van der Waals surface area contributed by atoms with Crippen molar-refractivity contribution in [3.63, 3.8) is 0 Å². The predicted octanol–water partition coefficient (Wildman–Crippen LogP) is 5.36. The summed E-state index contributed by atoms with van der Waals surface area (Å²) >= 11 is 1.37. The molecule has 0 aliphatic heterocycles. The van der Waals surface area contributed by atoms with E-state index >= 15 is 0 Å². The van der Waals surface area contributed by atoms with E-state index in [-0.39, 0.29) is 30.8 Å². The number of rotatable bonds is 13. The molecule has 0 radical (unpaired) electrons. The first kappa shape index (κ1) is 27.4. The lowest BCUT2D eigenvalue weighted by Gasteiger charge is -2.23. The van der Waals surface area contributed by atoms with Gasteiger partial charge in [-0.05, 0) is 42.7 Å². The Kier molecular flexibility index (Phi) is 10.6. The van der Waals surface area contributed by atoms with Crippen LogP contribution in [0.1, 0.15) is 33.1 Å². The van der Waals surface area contributed by atoms with E-state index in [2.05, 4.69) is 13.2 Å². The van der Waals surface area contributed by atoms with Gasteiger partial charge in [0.2, 0.25) is 0 Å². The van der Waals surface area contributed by atoms with Crippen LogP contribution in [0.3, 0.4) is 0 Å². The second kappa shape index (κ2) is 13.2. The first-order chi connectivity index (χ1) is 16.1. The molecule has 6 nitrogen and oxygen atoms in total. The zero-order valence-corrected chi connectivity index (χ0v) is 21.1. The van der Waals surface area contributed by atoms with Gasteiger partial charge in [-0.1, -0.05) is 66.9 Å². The number of hydrogen-bond donors (Lipinski definition) is 0. The van der Waals surface area contributed by atoms with Crippen LogP contribution in [0.5, 0.6) is 0 Å². The van der Waals surface area contributed by atoms with Crippen LogP contribution in [0, 0.1) is 0 Å². The topological polar surface area (TPSA) is 86.7 Å². The van der Waals surface area contributed by atoms with Gasteiger partial charge < -0.3 is 9.47 Å². The summed E-state index contributed by atoms with van der Waals surface area (Å²) in [5.41, 5.74) is 0.568. The van der Waals surface area contributed by atoms with Crippen molar-refractivity contribution < 1.29 is 27.5 Å². The fourth-order valence-electron chi connectivity index (χ4n) is 3.26. The standard InChI is InChI=1S/C26H30O6S2/c1-19(17-26(32-22(4)28)33-23-11-7-5-8-12-23)15-25(16-20(2)18-31-21(3)27)34(29,30)24-13-9-6-10-14-24/h5-14,25-26H,1-2,15-18H2,3-4H3/t25-,26-/m0/s1. The van der Waals surface area contributed by atoms with Gasteiger partial charge in [-0.25, -0.2) is 8.42 Å².